The van der Waals surface area contributed by atoms with Gasteiger partial charge in [0.2, 0.25) is 6.36 Å². The molecule has 1 unspecified atom stereocenters. The van der Waals surface area contributed by atoms with E-state index in [4.69, 9.17) is 39.0 Å². The molecule has 0 radical (unpaired) electrons. The number of halogens is 2. The highest BCUT2D eigenvalue weighted by molar-refractivity contribution is 7.72. The Morgan fingerprint density at radius 3 is 3.00 bits per heavy atom. The topological polar surface area (TPSA) is 59.4 Å². The first-order valence-corrected chi connectivity index (χ1v) is 6.70. The average molecular weight is 324 g/mol. The molecule has 0 amide bonds. The minimum Gasteiger partial charge on any atom is -0.391 e. The van der Waals surface area contributed by atoms with Crippen LogP contribution in [0.3, 0.4) is 0 Å². The van der Waals surface area contributed by atoms with Gasteiger partial charge in [-0.25, -0.2) is 8.78 Å². The Labute approximate surface area is 124 Å². The van der Waals surface area contributed by atoms with E-state index in [2.05, 4.69) is 4.98 Å². The number of nitrogens with zero attached hydrogens (tertiary/aromatic N) is 1. The molecule has 2 N–H and O–H groups in total. The van der Waals surface area contributed by atoms with E-state index in [0.717, 1.165) is 0 Å². The van der Waals surface area contributed by atoms with Crippen LogP contribution in [-0.2, 0) is 9.47 Å². The third kappa shape index (κ3) is 2.96. The Morgan fingerprint density at radius 2 is 2.40 bits per heavy atom. The number of alkyl halides is 2. The predicted octanol–water partition coefficient (Wildman–Crippen LogP) is 2.21. The summed E-state index contributed by atoms with van der Waals surface area (Å²) in [5.74, 6) is 0. The summed E-state index contributed by atoms with van der Waals surface area (Å²) in [6, 6.07) is 1.55. The molecule has 1 aliphatic heterocycles. The lowest BCUT2D eigenvalue weighted by molar-refractivity contribution is -0.143. The van der Waals surface area contributed by atoms with Crippen molar-refractivity contribution < 1.29 is 23.4 Å². The first-order valence-electron chi connectivity index (χ1n) is 5.88. The summed E-state index contributed by atoms with van der Waals surface area (Å²) < 4.78 is 39.9. The quantitative estimate of drug-likeness (QED) is 0.832. The van der Waals surface area contributed by atoms with E-state index in [1.807, 2.05) is 0 Å². The maximum atomic E-state index is 14.8. The monoisotopic (exact) mass is 324 g/mol. The van der Waals surface area contributed by atoms with Crippen LogP contribution in [0.2, 0.25) is 0 Å². The fourth-order valence-corrected chi connectivity index (χ4v) is 2.51. The van der Waals surface area contributed by atoms with E-state index in [-0.39, 0.29) is 11.4 Å². The van der Waals surface area contributed by atoms with Crippen LogP contribution in [0.4, 0.5) is 8.78 Å². The molecular formula is C11H14F2N2O3S2. The van der Waals surface area contributed by atoms with Crippen LogP contribution < -0.4 is 0 Å². The third-order valence-electron chi connectivity index (χ3n) is 3.08. The number of rotatable bonds is 4. The van der Waals surface area contributed by atoms with Crippen molar-refractivity contribution in [2.24, 2.45) is 0 Å². The maximum absolute atomic E-state index is 14.8. The van der Waals surface area contributed by atoms with Crippen molar-refractivity contribution in [3.63, 3.8) is 0 Å². The number of aromatic amines is 1. The summed E-state index contributed by atoms with van der Waals surface area (Å²) in [6.45, 7) is 0.257. The molecule has 0 spiro atoms. The molecule has 2 heterocycles. The zero-order valence-electron chi connectivity index (χ0n) is 10.6. The van der Waals surface area contributed by atoms with Crippen molar-refractivity contribution in [3.05, 3.63) is 21.7 Å². The highest BCUT2D eigenvalue weighted by Gasteiger charge is 2.51. The molecule has 112 valence electrons. The lowest BCUT2D eigenvalue weighted by atomic mass is 10.0. The van der Waals surface area contributed by atoms with Crippen LogP contribution in [0, 0.1) is 9.41 Å². The Hall–Kier alpha value is -0.740. The Morgan fingerprint density at radius 1 is 1.70 bits per heavy atom. The molecule has 5 nitrogen and oxygen atoms in total. The number of ether oxygens (including phenoxy) is 2. The summed E-state index contributed by atoms with van der Waals surface area (Å²) in [6.07, 6.45) is -2.64. The minimum absolute atomic E-state index is 0.143. The van der Waals surface area contributed by atoms with Crippen LogP contribution in [0.5, 0.6) is 0 Å². The number of aromatic nitrogens is 2. The van der Waals surface area contributed by atoms with Crippen molar-refractivity contribution in [1.82, 2.24) is 9.55 Å². The van der Waals surface area contributed by atoms with Gasteiger partial charge in [0.25, 0.3) is 0 Å². The molecule has 0 bridgehead atoms. The summed E-state index contributed by atoms with van der Waals surface area (Å²) in [5, 5.41) is 8.62. The highest BCUT2D eigenvalue weighted by atomic mass is 32.1. The van der Waals surface area contributed by atoms with Crippen molar-refractivity contribution in [1.29, 1.82) is 0 Å². The minimum atomic E-state index is -2.01. The van der Waals surface area contributed by atoms with E-state index in [1.54, 1.807) is 6.07 Å². The van der Waals surface area contributed by atoms with Gasteiger partial charge in [0, 0.05) is 6.20 Å². The van der Waals surface area contributed by atoms with Crippen molar-refractivity contribution >= 4 is 24.4 Å². The molecule has 0 aliphatic carbocycles. The number of aliphatic hydroxyl groups is 1. The molecular weight excluding hydrogens is 310 g/mol. The summed E-state index contributed by atoms with van der Waals surface area (Å²) in [4.78, 5) is 2.71. The van der Waals surface area contributed by atoms with Crippen molar-refractivity contribution in [2.45, 2.75) is 31.3 Å². The molecule has 20 heavy (non-hydrogen) atoms. The van der Waals surface area contributed by atoms with Crippen LogP contribution in [0.1, 0.15) is 13.2 Å². The van der Waals surface area contributed by atoms with Crippen LogP contribution in [-0.4, -0.2) is 46.0 Å². The van der Waals surface area contributed by atoms with E-state index in [0.29, 0.717) is 4.64 Å². The molecule has 2 rings (SSSR count). The third-order valence-corrected chi connectivity index (χ3v) is 3.63. The number of aliphatic hydroxyl groups excluding tert-OH is 1. The molecule has 1 fully saturated rings. The fraction of sp³-hybridized carbons (Fsp3) is 0.636. The van der Waals surface area contributed by atoms with Crippen LogP contribution in [0.25, 0.3) is 0 Å². The summed E-state index contributed by atoms with van der Waals surface area (Å²) >= 11 is 9.98. The Bertz CT molecular complexity index is 590. The second-order valence-electron chi connectivity index (χ2n) is 4.57. The SMILES string of the molecule is CC1(F)[C@@H](O[C@@H](F)CO)CO[C@H]1n1ccc(=S)[nH]c1=S. The van der Waals surface area contributed by atoms with Gasteiger partial charge < -0.3 is 19.6 Å². The number of nitrogens with one attached hydrogen (secondary N) is 1. The highest BCUT2D eigenvalue weighted by Crippen LogP contribution is 2.39. The molecule has 1 aromatic heterocycles. The number of hydrogen-bond acceptors (Lipinski definition) is 5. The Balaban J connectivity index is 2.26. The van der Waals surface area contributed by atoms with Gasteiger partial charge in [0.15, 0.2) is 16.7 Å². The molecule has 9 heteroatoms. The zero-order valence-corrected chi connectivity index (χ0v) is 12.2. The second kappa shape index (κ2) is 5.94. The van der Waals surface area contributed by atoms with Crippen molar-refractivity contribution in [2.75, 3.05) is 13.2 Å². The van der Waals surface area contributed by atoms with Crippen LogP contribution in [0.15, 0.2) is 12.3 Å². The average Bonchev–Trinajstić information content (AvgIpc) is 2.65. The molecule has 0 saturated carbocycles. The van der Waals surface area contributed by atoms with Gasteiger partial charge in [-0.3, -0.25) is 4.57 Å². The first-order chi connectivity index (χ1) is 9.36. The van der Waals surface area contributed by atoms with Gasteiger partial charge in [-0.15, -0.1) is 0 Å². The summed E-state index contributed by atoms with van der Waals surface area (Å²) in [5.41, 5.74) is -2.01. The predicted molar refractivity (Wildman–Crippen MR) is 71.8 cm³/mol. The zero-order chi connectivity index (χ0) is 14.9. The van der Waals surface area contributed by atoms with Gasteiger partial charge in [0.1, 0.15) is 10.7 Å². The summed E-state index contributed by atoms with van der Waals surface area (Å²) in [7, 11) is 0. The van der Waals surface area contributed by atoms with E-state index >= 15 is 0 Å². The maximum Gasteiger partial charge on any atom is 0.222 e. The second-order valence-corrected chi connectivity index (χ2v) is 5.40. The van der Waals surface area contributed by atoms with E-state index in [1.165, 1.54) is 17.7 Å². The van der Waals surface area contributed by atoms with Gasteiger partial charge in [-0.1, -0.05) is 12.2 Å². The molecule has 1 aliphatic rings. The number of H-pyrrole nitrogens is 1. The van der Waals surface area contributed by atoms with Gasteiger partial charge in [0.05, 0.1) is 13.2 Å². The largest absolute Gasteiger partial charge is 0.391 e. The van der Waals surface area contributed by atoms with Crippen LogP contribution >= 0.6 is 24.4 Å². The lowest BCUT2D eigenvalue weighted by Crippen LogP contribution is -2.41. The smallest absolute Gasteiger partial charge is 0.222 e. The molecule has 4 atom stereocenters. The molecule has 1 aromatic rings. The van der Waals surface area contributed by atoms with Gasteiger partial charge in [-0.05, 0) is 25.2 Å². The van der Waals surface area contributed by atoms with Gasteiger partial charge in [-0.2, -0.15) is 0 Å². The normalized spacial score (nSPS) is 31.4. The molecule has 0 aromatic carbocycles. The standard InChI is InChI=1S/C11H14F2N2O3S2/c1-11(13)6(18-7(12)4-16)5-17-9(11)15-3-2-8(19)14-10(15)20/h2-3,6-7,9,16H,4-5H2,1H3,(H,14,19,20)/t6-,7+,9+,11?/m0/s1. The molecule has 1 saturated heterocycles. The number of hydrogen-bond donors (Lipinski definition) is 2. The Kier molecular flexibility index (Phi) is 4.65. The van der Waals surface area contributed by atoms with E-state index < -0.39 is 31.0 Å². The first kappa shape index (κ1) is 15.6. The van der Waals surface area contributed by atoms with E-state index in [9.17, 15) is 8.78 Å². The van der Waals surface area contributed by atoms with Gasteiger partial charge >= 0.3 is 0 Å². The van der Waals surface area contributed by atoms with Crippen molar-refractivity contribution in [3.8, 4) is 0 Å². The lowest BCUT2D eigenvalue weighted by Gasteiger charge is -2.28. The fourth-order valence-electron chi connectivity index (χ4n) is 2.02.